The quantitative estimate of drug-likeness (QED) is 0.857. The number of carbonyl (C=O) groups is 2. The number of aromatic nitrogens is 1. The fourth-order valence-electron chi connectivity index (χ4n) is 4.00. The summed E-state index contributed by atoms with van der Waals surface area (Å²) < 4.78 is 5.38. The average Bonchev–Trinajstić information content (AvgIpc) is 3.30. The third-order valence-electron chi connectivity index (χ3n) is 5.58. The van der Waals surface area contributed by atoms with E-state index in [0.717, 1.165) is 43.9 Å². The first kappa shape index (κ1) is 18.7. The summed E-state index contributed by atoms with van der Waals surface area (Å²) in [7, 11) is 0. The van der Waals surface area contributed by atoms with Gasteiger partial charge in [-0.15, -0.1) is 0 Å². The number of furan rings is 1. The zero-order valence-electron chi connectivity index (χ0n) is 16.1. The fraction of sp³-hybridized carbons (Fsp3) is 0.476. The number of amides is 2. The van der Waals surface area contributed by atoms with Gasteiger partial charge < -0.3 is 14.6 Å². The van der Waals surface area contributed by atoms with E-state index in [1.54, 1.807) is 18.3 Å². The van der Waals surface area contributed by atoms with E-state index in [-0.39, 0.29) is 23.8 Å². The van der Waals surface area contributed by atoms with Crippen LogP contribution in [0.25, 0.3) is 0 Å². The molecule has 2 aliphatic rings. The lowest BCUT2D eigenvalue weighted by molar-refractivity contribution is -0.129. The molecule has 7 nitrogen and oxygen atoms in total. The molecule has 2 saturated heterocycles. The maximum Gasteiger partial charge on any atom is 0.287 e. The Bertz CT molecular complexity index is 827. The van der Waals surface area contributed by atoms with Crippen LogP contribution < -0.4 is 5.32 Å². The smallest absolute Gasteiger partial charge is 0.287 e. The van der Waals surface area contributed by atoms with Gasteiger partial charge in [0.25, 0.3) is 5.91 Å². The molecule has 4 rings (SSSR count). The van der Waals surface area contributed by atoms with Crippen LogP contribution in [0.15, 0.2) is 40.9 Å². The molecule has 0 saturated carbocycles. The van der Waals surface area contributed by atoms with Gasteiger partial charge in [0, 0.05) is 49.9 Å². The molecule has 4 heterocycles. The molecule has 2 aromatic heterocycles. The molecule has 0 radical (unpaired) electrons. The zero-order chi connectivity index (χ0) is 19.5. The minimum Gasteiger partial charge on any atom is -0.456 e. The summed E-state index contributed by atoms with van der Waals surface area (Å²) in [5, 5.41) is 3.05. The highest BCUT2D eigenvalue weighted by Crippen LogP contribution is 2.27. The normalized spacial score (nSPS) is 21.2. The van der Waals surface area contributed by atoms with Crippen LogP contribution in [0, 0.1) is 6.92 Å². The Kier molecular flexibility index (Phi) is 5.43. The summed E-state index contributed by atoms with van der Waals surface area (Å²) in [5.74, 6) is 1.32. The SMILES string of the molecule is Cc1ccc(C(=O)NC2CCN(CN3C[C@H](c4ccccn4)CC3=O)CC2)o1. The number of hydrogen-bond acceptors (Lipinski definition) is 5. The van der Waals surface area contributed by atoms with Gasteiger partial charge in [-0.25, -0.2) is 0 Å². The Morgan fingerprint density at radius 1 is 1.25 bits per heavy atom. The van der Waals surface area contributed by atoms with Gasteiger partial charge in [-0.05, 0) is 44.0 Å². The van der Waals surface area contributed by atoms with E-state index in [4.69, 9.17) is 4.42 Å². The van der Waals surface area contributed by atoms with Gasteiger partial charge in [-0.2, -0.15) is 0 Å². The summed E-state index contributed by atoms with van der Waals surface area (Å²) in [6.45, 7) is 4.93. The Morgan fingerprint density at radius 3 is 2.75 bits per heavy atom. The predicted octanol–water partition coefficient (Wildman–Crippen LogP) is 2.15. The van der Waals surface area contributed by atoms with Crippen LogP contribution in [0.4, 0.5) is 0 Å². The van der Waals surface area contributed by atoms with Crippen molar-refractivity contribution >= 4 is 11.8 Å². The highest BCUT2D eigenvalue weighted by atomic mass is 16.3. The van der Waals surface area contributed by atoms with Gasteiger partial charge in [0.05, 0.1) is 6.67 Å². The summed E-state index contributed by atoms with van der Waals surface area (Å²) >= 11 is 0. The Morgan fingerprint density at radius 2 is 2.07 bits per heavy atom. The van der Waals surface area contributed by atoms with E-state index in [1.165, 1.54) is 0 Å². The third-order valence-corrected chi connectivity index (χ3v) is 5.58. The molecule has 7 heteroatoms. The summed E-state index contributed by atoms with van der Waals surface area (Å²) in [6.07, 6.45) is 4.06. The highest BCUT2D eigenvalue weighted by Gasteiger charge is 2.33. The van der Waals surface area contributed by atoms with Crippen LogP contribution in [0.5, 0.6) is 0 Å². The second-order valence-electron chi connectivity index (χ2n) is 7.69. The molecule has 28 heavy (non-hydrogen) atoms. The van der Waals surface area contributed by atoms with E-state index in [0.29, 0.717) is 18.8 Å². The van der Waals surface area contributed by atoms with E-state index in [9.17, 15) is 9.59 Å². The van der Waals surface area contributed by atoms with Crippen LogP contribution in [0.3, 0.4) is 0 Å². The summed E-state index contributed by atoms with van der Waals surface area (Å²) in [5.41, 5.74) is 0.993. The number of piperidine rings is 1. The van der Waals surface area contributed by atoms with Crippen molar-refractivity contribution in [2.45, 2.75) is 38.1 Å². The number of aryl methyl sites for hydroxylation is 1. The minimum atomic E-state index is -0.153. The van der Waals surface area contributed by atoms with Gasteiger partial charge in [0.2, 0.25) is 5.91 Å². The molecular weight excluding hydrogens is 356 g/mol. The Hall–Kier alpha value is -2.67. The third kappa shape index (κ3) is 4.25. The number of pyridine rings is 1. The lowest BCUT2D eigenvalue weighted by Gasteiger charge is -2.34. The molecule has 0 aromatic carbocycles. The van der Waals surface area contributed by atoms with Crippen LogP contribution >= 0.6 is 0 Å². The van der Waals surface area contributed by atoms with Gasteiger partial charge >= 0.3 is 0 Å². The molecule has 0 spiro atoms. The van der Waals surface area contributed by atoms with Crippen LogP contribution in [0.1, 0.15) is 47.2 Å². The first-order valence-corrected chi connectivity index (χ1v) is 9.87. The van der Waals surface area contributed by atoms with E-state index in [1.807, 2.05) is 30.0 Å². The standard InChI is InChI=1S/C21H26N4O3/c1-15-5-6-19(28-15)21(27)23-17-7-10-24(11-8-17)14-25-13-16(12-20(25)26)18-4-2-3-9-22-18/h2-6,9,16-17H,7-8,10-14H2,1H3,(H,23,27)/t16-/m1/s1. The van der Waals surface area contributed by atoms with E-state index < -0.39 is 0 Å². The number of rotatable bonds is 5. The number of likely N-dealkylation sites (tertiary alicyclic amines) is 2. The second kappa shape index (κ2) is 8.14. The molecule has 1 N–H and O–H groups in total. The molecule has 0 unspecified atom stereocenters. The van der Waals surface area contributed by atoms with Gasteiger partial charge in [-0.3, -0.25) is 19.5 Å². The predicted molar refractivity (Wildman–Crippen MR) is 104 cm³/mol. The molecule has 2 fully saturated rings. The molecule has 2 amide bonds. The van der Waals surface area contributed by atoms with Crippen molar-refractivity contribution in [2.24, 2.45) is 0 Å². The van der Waals surface area contributed by atoms with Crippen LogP contribution in [0.2, 0.25) is 0 Å². The van der Waals surface area contributed by atoms with Crippen molar-refractivity contribution in [3.8, 4) is 0 Å². The maximum atomic E-state index is 12.4. The first-order chi connectivity index (χ1) is 13.6. The minimum absolute atomic E-state index is 0.143. The maximum absolute atomic E-state index is 12.4. The molecule has 2 aromatic rings. The molecule has 0 bridgehead atoms. The van der Waals surface area contributed by atoms with Crippen LogP contribution in [-0.2, 0) is 4.79 Å². The van der Waals surface area contributed by atoms with E-state index >= 15 is 0 Å². The van der Waals surface area contributed by atoms with Crippen molar-refractivity contribution in [1.29, 1.82) is 0 Å². The fourth-order valence-corrected chi connectivity index (χ4v) is 4.00. The van der Waals surface area contributed by atoms with Gasteiger partial charge in [-0.1, -0.05) is 6.07 Å². The van der Waals surface area contributed by atoms with Crippen molar-refractivity contribution in [3.63, 3.8) is 0 Å². The number of carbonyl (C=O) groups excluding carboxylic acids is 2. The molecule has 2 aliphatic heterocycles. The largest absolute Gasteiger partial charge is 0.456 e. The zero-order valence-corrected chi connectivity index (χ0v) is 16.1. The van der Waals surface area contributed by atoms with Crippen molar-refractivity contribution in [1.82, 2.24) is 20.1 Å². The summed E-state index contributed by atoms with van der Waals surface area (Å²) in [6, 6.07) is 9.51. The molecule has 0 aliphatic carbocycles. The second-order valence-corrected chi connectivity index (χ2v) is 7.69. The highest BCUT2D eigenvalue weighted by molar-refractivity contribution is 5.91. The summed E-state index contributed by atoms with van der Waals surface area (Å²) in [4.78, 5) is 33.3. The average molecular weight is 382 g/mol. The lowest BCUT2D eigenvalue weighted by atomic mass is 10.0. The lowest BCUT2D eigenvalue weighted by Crippen LogP contribution is -2.48. The monoisotopic (exact) mass is 382 g/mol. The number of nitrogens with one attached hydrogen (secondary N) is 1. The topological polar surface area (TPSA) is 78.7 Å². The Labute approximate surface area is 164 Å². The Balaban J connectivity index is 1.24. The molecular formula is C21H26N4O3. The van der Waals surface area contributed by atoms with Gasteiger partial charge in [0.15, 0.2) is 5.76 Å². The molecule has 148 valence electrons. The van der Waals surface area contributed by atoms with Crippen molar-refractivity contribution in [2.75, 3.05) is 26.3 Å². The molecule has 1 atom stereocenters. The van der Waals surface area contributed by atoms with E-state index in [2.05, 4.69) is 15.2 Å². The van der Waals surface area contributed by atoms with Crippen molar-refractivity contribution in [3.05, 3.63) is 53.7 Å². The number of nitrogens with zero attached hydrogens (tertiary/aromatic N) is 3. The van der Waals surface area contributed by atoms with Gasteiger partial charge in [0.1, 0.15) is 5.76 Å². The van der Waals surface area contributed by atoms with Crippen LogP contribution in [-0.4, -0.2) is 58.9 Å². The van der Waals surface area contributed by atoms with Crippen molar-refractivity contribution < 1.29 is 14.0 Å². The first-order valence-electron chi connectivity index (χ1n) is 9.87. The number of hydrogen-bond donors (Lipinski definition) is 1.